The minimum absolute atomic E-state index is 0. The summed E-state index contributed by atoms with van der Waals surface area (Å²) >= 11 is 1.83. The van der Waals surface area contributed by atoms with E-state index in [1.54, 1.807) is 18.6 Å². The van der Waals surface area contributed by atoms with E-state index in [4.69, 9.17) is 14.4 Å². The van der Waals surface area contributed by atoms with Gasteiger partial charge in [0.25, 0.3) is 0 Å². The van der Waals surface area contributed by atoms with Gasteiger partial charge in [0.05, 0.1) is 29.8 Å². The summed E-state index contributed by atoms with van der Waals surface area (Å²) in [6, 6.07) is 122. The van der Waals surface area contributed by atoms with Crippen LogP contribution < -0.4 is 15.6 Å². The molecule has 0 saturated carbocycles. The quantitative estimate of drug-likeness (QED) is 0.0994. The molecule has 9 heterocycles. The van der Waals surface area contributed by atoms with Gasteiger partial charge in [0.1, 0.15) is 5.58 Å². The molecule has 9 aromatic heterocycles. The third kappa shape index (κ3) is 20.9. The molecule has 0 amide bonds. The Bertz CT molecular complexity index is 5770. The first-order valence-electron chi connectivity index (χ1n) is 37.2. The monoisotopic (exact) mass is 2080 g/mol. The fourth-order valence-electron chi connectivity index (χ4n) is 12.8. The molecule has 0 atom stereocenters. The first-order valence-corrected chi connectivity index (χ1v) is 48.5. The molecule has 0 N–H and O–H groups in total. The smallest absolute Gasteiger partial charge is 0.120 e. The molecule has 0 saturated heterocycles. The van der Waals surface area contributed by atoms with Crippen LogP contribution in [0.3, 0.4) is 0 Å². The second-order valence-electron chi connectivity index (χ2n) is 29.8. The van der Waals surface area contributed by atoms with Crippen LogP contribution in [0.1, 0.15) is 0 Å². The molecule has 0 aliphatic carbocycles. The first-order chi connectivity index (χ1) is 54.0. The van der Waals surface area contributed by atoms with Crippen LogP contribution in [0.15, 0.2) is 345 Å². The molecule has 3 radical (unpaired) electrons. The van der Waals surface area contributed by atoms with E-state index >= 15 is 0 Å². The maximum Gasteiger partial charge on any atom is 0.120 e. The van der Waals surface area contributed by atoms with E-state index in [9.17, 15) is 0 Å². The minimum Gasteiger partial charge on any atom is -0.500 e. The molecule has 0 spiro atoms. The van der Waals surface area contributed by atoms with E-state index in [1.807, 2.05) is 182 Å². The Hall–Kier alpha value is -10.5. The molecule has 0 bridgehead atoms. The van der Waals surface area contributed by atoms with Crippen molar-refractivity contribution in [2.75, 3.05) is 0 Å². The minimum atomic E-state index is -1.35. The molecule has 571 valence electrons. The third-order valence-corrected chi connectivity index (χ3v) is 26.1. The number of thiophene rings is 1. The predicted octanol–water partition coefficient (Wildman–Crippen LogP) is 24.3. The standard InChI is InChI=1S/C26H23N2Si.C20H18NOSi.C20H18NSSi.3C11H8N.3Ir/c1-29(2,3)21-14-15-24(27-18-21)19-13-16-26-23(17-19)22-11-7-8-12-25(22)28(26)20-9-5-4-6-10-20;2*1-23(2,3)15-9-10-18(21-13-15)14-8-11-20-17(12-14)16-6-4-5-7-19(16)22-20;3*1-2-6-10(7-3-1)11-8-4-5-9-12-11;;;/h4-12,14-18H,1-3H3;2*4-7,9-13H,1-3H3;3*1-6,8-9H;;;/q6*-1;;;. The molecule has 15 heteroatoms. The summed E-state index contributed by atoms with van der Waals surface area (Å²) < 4.78 is 10.8. The van der Waals surface area contributed by atoms with Gasteiger partial charge in [-0.1, -0.05) is 221 Å². The molecular formula is C99H83Ir3N7OSSi3-6. The number of pyridine rings is 6. The van der Waals surface area contributed by atoms with Crippen LogP contribution in [0.25, 0.3) is 137 Å². The van der Waals surface area contributed by atoms with Crippen molar-refractivity contribution in [3.63, 3.8) is 0 Å². The van der Waals surface area contributed by atoms with Crippen molar-refractivity contribution in [1.82, 2.24) is 34.5 Å². The molecule has 114 heavy (non-hydrogen) atoms. The van der Waals surface area contributed by atoms with Crippen LogP contribution in [-0.4, -0.2) is 58.7 Å². The summed E-state index contributed by atoms with van der Waals surface area (Å²) in [6.07, 6.45) is 11.5. The van der Waals surface area contributed by atoms with Crippen molar-refractivity contribution in [2.45, 2.75) is 58.9 Å². The topological polar surface area (TPSA) is 95.4 Å². The van der Waals surface area contributed by atoms with Gasteiger partial charge in [0, 0.05) is 119 Å². The van der Waals surface area contributed by atoms with E-state index in [-0.39, 0.29) is 60.3 Å². The molecule has 0 aliphatic rings. The van der Waals surface area contributed by atoms with Crippen LogP contribution in [0.5, 0.6) is 0 Å². The number of para-hydroxylation sites is 3. The van der Waals surface area contributed by atoms with E-state index in [2.05, 4.69) is 271 Å². The molecule has 19 rings (SSSR count). The molecule has 0 unspecified atom stereocenters. The second-order valence-corrected chi connectivity index (χ2v) is 46.1. The normalized spacial score (nSPS) is 11.0. The van der Waals surface area contributed by atoms with E-state index in [0.717, 1.165) is 95.2 Å². The Balaban J connectivity index is 0.000000139. The molecular weight excluding hydrogens is 2000 g/mol. The predicted molar refractivity (Wildman–Crippen MR) is 475 cm³/mol. The Kier molecular flexibility index (Phi) is 28.9. The van der Waals surface area contributed by atoms with Gasteiger partial charge in [-0.3, -0.25) is 0 Å². The van der Waals surface area contributed by atoms with Crippen molar-refractivity contribution in [3.05, 3.63) is 377 Å². The second kappa shape index (κ2) is 39.0. The zero-order valence-electron chi connectivity index (χ0n) is 64.8. The fourth-order valence-corrected chi connectivity index (χ4v) is 16.9. The van der Waals surface area contributed by atoms with Crippen LogP contribution in [-0.2, 0) is 60.3 Å². The van der Waals surface area contributed by atoms with Crippen LogP contribution in [0, 0.1) is 36.4 Å². The van der Waals surface area contributed by atoms with Gasteiger partial charge in [-0.2, -0.15) is 11.3 Å². The summed E-state index contributed by atoms with van der Waals surface area (Å²) in [6.45, 7) is 21.1. The Morgan fingerprint density at radius 2 is 0.675 bits per heavy atom. The Labute approximate surface area is 716 Å². The number of rotatable bonds is 10. The van der Waals surface area contributed by atoms with Crippen LogP contribution in [0.2, 0.25) is 58.9 Å². The maximum atomic E-state index is 5.86. The van der Waals surface area contributed by atoms with Gasteiger partial charge in [0.15, 0.2) is 0 Å². The summed E-state index contributed by atoms with van der Waals surface area (Å²) in [7, 11) is -3.96. The average molecular weight is 2080 g/mol. The number of furan rings is 1. The summed E-state index contributed by atoms with van der Waals surface area (Å²) in [5.41, 5.74) is 17.4. The molecule has 19 aromatic rings. The zero-order chi connectivity index (χ0) is 76.7. The van der Waals surface area contributed by atoms with Gasteiger partial charge in [-0.15, -0.1) is 179 Å². The van der Waals surface area contributed by atoms with E-state index in [0.29, 0.717) is 0 Å². The Morgan fingerprint density at radius 3 is 1.12 bits per heavy atom. The number of hydrogen-bond acceptors (Lipinski definition) is 8. The van der Waals surface area contributed by atoms with Crippen molar-refractivity contribution >= 4 is 115 Å². The zero-order valence-corrected chi connectivity index (χ0v) is 75.8. The van der Waals surface area contributed by atoms with Crippen LogP contribution in [0.4, 0.5) is 0 Å². The largest absolute Gasteiger partial charge is 0.500 e. The fraction of sp³-hybridized carbons (Fsp3) is 0.0909. The molecule has 0 aliphatic heterocycles. The van der Waals surface area contributed by atoms with E-state index < -0.39 is 24.2 Å². The number of benzene rings is 10. The molecule has 0 fully saturated rings. The van der Waals surface area contributed by atoms with Gasteiger partial charge in [0.2, 0.25) is 0 Å². The van der Waals surface area contributed by atoms with Crippen molar-refractivity contribution in [3.8, 4) is 73.2 Å². The number of hydrogen-bond donors (Lipinski definition) is 0. The number of nitrogens with zero attached hydrogens (tertiary/aromatic N) is 7. The number of aromatic nitrogens is 7. The first kappa shape index (κ1) is 84.4. The molecule has 10 aromatic carbocycles. The average Bonchev–Trinajstić information content (AvgIpc) is 1.59. The maximum absolute atomic E-state index is 5.86. The van der Waals surface area contributed by atoms with Crippen LogP contribution >= 0.6 is 11.3 Å². The summed E-state index contributed by atoms with van der Waals surface area (Å²) in [4.78, 5) is 26.8. The molecule has 8 nitrogen and oxygen atoms in total. The SMILES string of the molecule is C[Si](C)(C)c1ccc(-c2[c-]cc3c(c2)c2ccccc2n3-c2ccccc2)nc1.C[Si](C)(C)c1ccc(-c2[c-]cc3oc4ccccc4c3c2)nc1.C[Si](C)(C)c1ccc(-c2[c-]cc3sc4ccccc4c3c2)nc1.[Ir].[Ir].[Ir].[c-]1ccccc1-c1ccccn1.[c-]1ccccc1-c1ccccn1.[c-]1ccccc1-c1ccccn1. The van der Waals surface area contributed by atoms with Gasteiger partial charge >= 0.3 is 0 Å². The van der Waals surface area contributed by atoms with Crippen molar-refractivity contribution in [1.29, 1.82) is 0 Å². The Morgan fingerprint density at radius 1 is 0.281 bits per heavy atom. The summed E-state index contributed by atoms with van der Waals surface area (Å²) in [5.74, 6) is 0. The van der Waals surface area contributed by atoms with E-state index in [1.165, 1.54) is 57.5 Å². The number of fused-ring (bicyclic) bond motifs is 9. The van der Waals surface area contributed by atoms with Crippen molar-refractivity contribution < 1.29 is 64.7 Å². The van der Waals surface area contributed by atoms with Gasteiger partial charge in [-0.25, -0.2) is 0 Å². The van der Waals surface area contributed by atoms with Gasteiger partial charge in [-0.05, 0) is 119 Å². The summed E-state index contributed by atoms with van der Waals surface area (Å²) in [5, 5.41) is 11.5. The third-order valence-electron chi connectivity index (χ3n) is 18.9. The van der Waals surface area contributed by atoms with Crippen molar-refractivity contribution in [2.24, 2.45) is 0 Å². The van der Waals surface area contributed by atoms with Gasteiger partial charge < -0.3 is 38.9 Å².